The maximum atomic E-state index is 5.48. The summed E-state index contributed by atoms with van der Waals surface area (Å²) in [6, 6.07) is 0. The Morgan fingerprint density at radius 3 is 3.00 bits per heavy atom. The van der Waals surface area contributed by atoms with Crippen molar-refractivity contribution in [2.24, 2.45) is 5.73 Å². The molecule has 1 aliphatic heterocycles. The molecule has 0 aromatic rings. The Kier molecular flexibility index (Phi) is 1.68. The molecule has 0 bridgehead atoms. The topological polar surface area (TPSA) is 29.3 Å². The van der Waals surface area contributed by atoms with Gasteiger partial charge in [0, 0.05) is 12.7 Å². The molecule has 0 saturated carbocycles. The smallest absolute Gasteiger partial charge is 0.0835 e. The van der Waals surface area contributed by atoms with Crippen LogP contribution in [0.15, 0.2) is 11.2 Å². The molecule has 8 heavy (non-hydrogen) atoms. The molecule has 1 aliphatic rings. The summed E-state index contributed by atoms with van der Waals surface area (Å²) in [4.78, 5) is 2.18. The van der Waals surface area contributed by atoms with Crippen molar-refractivity contribution < 1.29 is 0 Å². The minimum absolute atomic E-state index is 0.937. The maximum absolute atomic E-state index is 5.48. The largest absolute Gasteiger partial charge is 0.392 e. The molecule has 3 heteroatoms. The number of hydrogen-bond acceptors (Lipinski definition) is 3. The molecule has 0 spiro atoms. The first-order valence-electron chi connectivity index (χ1n) is 2.67. The molecule has 1 rings (SSSR count). The summed E-state index contributed by atoms with van der Waals surface area (Å²) in [5.41, 5.74) is 5.48. The molecule has 2 nitrogen and oxygen atoms in total. The van der Waals surface area contributed by atoms with Crippen LogP contribution in [0.4, 0.5) is 0 Å². The zero-order chi connectivity index (χ0) is 5.98. The lowest BCUT2D eigenvalue weighted by atomic mass is 10.6. The van der Waals surface area contributed by atoms with Crippen molar-refractivity contribution in [3.63, 3.8) is 0 Å². The van der Waals surface area contributed by atoms with Crippen LogP contribution in [0.2, 0.25) is 0 Å². The fraction of sp³-hybridized carbons (Fsp3) is 0.600. The first kappa shape index (κ1) is 5.82. The minimum atomic E-state index is 0.937. The van der Waals surface area contributed by atoms with Crippen LogP contribution in [0.3, 0.4) is 0 Å². The third-order valence-electron chi connectivity index (χ3n) is 1.11. The summed E-state index contributed by atoms with van der Waals surface area (Å²) in [7, 11) is 0. The second-order valence-corrected chi connectivity index (χ2v) is 2.73. The third kappa shape index (κ3) is 1.10. The second kappa shape index (κ2) is 2.31. The molecule has 1 heterocycles. The predicted octanol–water partition coefficient (Wildman–Crippen LogP) is 0.770. The van der Waals surface area contributed by atoms with E-state index in [9.17, 15) is 0 Å². The van der Waals surface area contributed by atoms with E-state index in [1.165, 1.54) is 0 Å². The lowest BCUT2D eigenvalue weighted by molar-refractivity contribution is 0.472. The van der Waals surface area contributed by atoms with Crippen LogP contribution in [0, 0.1) is 0 Å². The summed E-state index contributed by atoms with van der Waals surface area (Å²) in [5, 5.41) is 0.937. The van der Waals surface area contributed by atoms with Gasteiger partial charge in [-0.25, -0.2) is 0 Å². The molecule has 2 N–H and O–H groups in total. The van der Waals surface area contributed by atoms with E-state index in [0.29, 0.717) is 0 Å². The summed E-state index contributed by atoms with van der Waals surface area (Å²) >= 11 is 1.69. The molecular weight excluding hydrogens is 120 g/mol. The Bertz CT molecular complexity index is 111. The predicted molar refractivity (Wildman–Crippen MR) is 37.1 cm³/mol. The molecule has 0 radical (unpaired) electrons. The zero-order valence-electron chi connectivity index (χ0n) is 4.92. The highest BCUT2D eigenvalue weighted by Gasteiger charge is 2.06. The summed E-state index contributed by atoms with van der Waals surface area (Å²) in [6.45, 7) is 3.18. The number of rotatable bonds is 1. The first-order valence-corrected chi connectivity index (χ1v) is 3.65. The first-order chi connectivity index (χ1) is 3.83. The van der Waals surface area contributed by atoms with Crippen molar-refractivity contribution in [2.45, 2.75) is 6.92 Å². The Labute approximate surface area is 53.7 Å². The van der Waals surface area contributed by atoms with Crippen molar-refractivity contribution >= 4 is 11.8 Å². The maximum Gasteiger partial charge on any atom is 0.0835 e. The van der Waals surface area contributed by atoms with Crippen LogP contribution in [0.25, 0.3) is 0 Å². The van der Waals surface area contributed by atoms with Gasteiger partial charge in [-0.3, -0.25) is 0 Å². The average molecular weight is 130 g/mol. The van der Waals surface area contributed by atoms with Crippen molar-refractivity contribution in [3.8, 4) is 0 Å². The van der Waals surface area contributed by atoms with E-state index < -0.39 is 0 Å². The van der Waals surface area contributed by atoms with Gasteiger partial charge >= 0.3 is 0 Å². The van der Waals surface area contributed by atoms with Crippen LogP contribution >= 0.6 is 11.8 Å². The van der Waals surface area contributed by atoms with E-state index in [-0.39, 0.29) is 0 Å². The van der Waals surface area contributed by atoms with E-state index in [2.05, 4.69) is 11.8 Å². The highest BCUT2D eigenvalue weighted by molar-refractivity contribution is 8.03. The van der Waals surface area contributed by atoms with E-state index in [0.717, 1.165) is 17.5 Å². The molecule has 0 aromatic heterocycles. The molecule has 0 aliphatic carbocycles. The Balaban J connectivity index is 2.41. The zero-order valence-corrected chi connectivity index (χ0v) is 5.74. The van der Waals surface area contributed by atoms with Gasteiger partial charge < -0.3 is 10.6 Å². The lowest BCUT2D eigenvalue weighted by Gasteiger charge is -2.08. The SMILES string of the molecule is CCN1C=C(N)SC1. The number of nitrogens with zero attached hydrogens (tertiary/aromatic N) is 1. The molecule has 46 valence electrons. The van der Waals surface area contributed by atoms with Crippen LogP contribution in [0.1, 0.15) is 6.92 Å². The van der Waals surface area contributed by atoms with E-state index in [1.807, 2.05) is 6.20 Å². The van der Waals surface area contributed by atoms with Gasteiger partial charge in [0.2, 0.25) is 0 Å². The van der Waals surface area contributed by atoms with Crippen molar-refractivity contribution in [2.75, 3.05) is 12.4 Å². The van der Waals surface area contributed by atoms with E-state index in [1.54, 1.807) is 11.8 Å². The Morgan fingerprint density at radius 2 is 2.75 bits per heavy atom. The molecule has 0 aromatic carbocycles. The summed E-state index contributed by atoms with van der Waals surface area (Å²) < 4.78 is 0. The van der Waals surface area contributed by atoms with Gasteiger partial charge in [-0.15, -0.1) is 0 Å². The quantitative estimate of drug-likeness (QED) is 0.568. The summed E-state index contributed by atoms with van der Waals surface area (Å²) in [6.07, 6.45) is 1.99. The van der Waals surface area contributed by atoms with Gasteiger partial charge in [-0.1, -0.05) is 11.8 Å². The Morgan fingerprint density at radius 1 is 2.00 bits per heavy atom. The van der Waals surface area contributed by atoms with Crippen LogP contribution in [0.5, 0.6) is 0 Å². The van der Waals surface area contributed by atoms with Gasteiger partial charge in [0.1, 0.15) is 0 Å². The average Bonchev–Trinajstić information content (AvgIpc) is 2.14. The van der Waals surface area contributed by atoms with E-state index in [4.69, 9.17) is 5.73 Å². The molecule has 0 fully saturated rings. The highest BCUT2D eigenvalue weighted by atomic mass is 32.2. The molecule has 0 saturated heterocycles. The van der Waals surface area contributed by atoms with Gasteiger partial charge in [0.15, 0.2) is 0 Å². The molecule has 0 unspecified atom stereocenters. The normalized spacial score (nSPS) is 19.1. The van der Waals surface area contributed by atoms with Crippen LogP contribution < -0.4 is 5.73 Å². The third-order valence-corrected chi connectivity index (χ3v) is 2.01. The molecule has 0 amide bonds. The molecule has 0 atom stereocenters. The minimum Gasteiger partial charge on any atom is -0.392 e. The van der Waals surface area contributed by atoms with Gasteiger partial charge in [0.25, 0.3) is 0 Å². The second-order valence-electron chi connectivity index (χ2n) is 1.71. The van der Waals surface area contributed by atoms with Gasteiger partial charge in [-0.2, -0.15) is 0 Å². The van der Waals surface area contributed by atoms with Gasteiger partial charge in [-0.05, 0) is 6.92 Å². The van der Waals surface area contributed by atoms with Crippen LogP contribution in [-0.2, 0) is 0 Å². The number of hydrogen-bond donors (Lipinski definition) is 1. The van der Waals surface area contributed by atoms with Crippen molar-refractivity contribution in [1.29, 1.82) is 0 Å². The van der Waals surface area contributed by atoms with Crippen LogP contribution in [-0.4, -0.2) is 17.3 Å². The number of thioether (sulfide) groups is 1. The Hall–Kier alpha value is -0.310. The fourth-order valence-electron chi connectivity index (χ4n) is 0.595. The fourth-order valence-corrected chi connectivity index (χ4v) is 1.39. The summed E-state index contributed by atoms with van der Waals surface area (Å²) in [5.74, 6) is 1.03. The number of nitrogens with two attached hydrogens (primary N) is 1. The standard InChI is InChI=1S/C5H10N2S/c1-2-7-3-5(6)8-4-7/h3H,2,4,6H2,1H3. The van der Waals surface area contributed by atoms with Gasteiger partial charge in [0.05, 0.1) is 10.9 Å². The highest BCUT2D eigenvalue weighted by Crippen LogP contribution is 2.19. The van der Waals surface area contributed by atoms with Crippen molar-refractivity contribution in [3.05, 3.63) is 11.2 Å². The monoisotopic (exact) mass is 130 g/mol. The van der Waals surface area contributed by atoms with Crippen molar-refractivity contribution in [1.82, 2.24) is 4.90 Å². The lowest BCUT2D eigenvalue weighted by Crippen LogP contribution is -2.10. The molecular formula is C5H10N2S. The van der Waals surface area contributed by atoms with E-state index >= 15 is 0 Å².